The van der Waals surface area contributed by atoms with Gasteiger partial charge < -0.3 is 33.8 Å². The van der Waals surface area contributed by atoms with Crippen LogP contribution in [0, 0.1) is 0 Å². The summed E-state index contributed by atoms with van der Waals surface area (Å²) in [6.45, 7) is 10.4. The van der Waals surface area contributed by atoms with Gasteiger partial charge in [0.1, 0.15) is 34.9 Å². The van der Waals surface area contributed by atoms with Crippen LogP contribution in [0.5, 0.6) is 5.75 Å². The van der Waals surface area contributed by atoms with Gasteiger partial charge in [0, 0.05) is 54.7 Å². The molecule has 0 radical (unpaired) electrons. The number of carbonyl (C=O) groups is 2. The van der Waals surface area contributed by atoms with Gasteiger partial charge in [-0.3, -0.25) is 4.99 Å². The Bertz CT molecular complexity index is 1660. The van der Waals surface area contributed by atoms with Crippen LogP contribution < -0.4 is 9.64 Å². The van der Waals surface area contributed by atoms with E-state index in [4.69, 9.17) is 30.8 Å². The van der Waals surface area contributed by atoms with E-state index >= 15 is 0 Å². The van der Waals surface area contributed by atoms with Crippen molar-refractivity contribution in [3.63, 3.8) is 0 Å². The fourth-order valence-electron chi connectivity index (χ4n) is 5.51. The number of esters is 1. The quantitative estimate of drug-likeness (QED) is 0.326. The largest absolute Gasteiger partial charge is 0.484 e. The minimum absolute atomic E-state index is 0.283. The zero-order valence-corrected chi connectivity index (χ0v) is 27.5. The van der Waals surface area contributed by atoms with Crippen LogP contribution in [0.3, 0.4) is 0 Å². The number of ether oxygens (including phenoxy) is 3. The molecule has 236 valence electrons. The minimum Gasteiger partial charge on any atom is -0.484 e. The number of fused-ring (bicyclic) bond motifs is 2. The number of hydrogen-bond acceptors (Lipinski definition) is 10. The first-order chi connectivity index (χ1) is 21.5. The van der Waals surface area contributed by atoms with Crippen LogP contribution in [-0.4, -0.2) is 78.0 Å². The maximum Gasteiger partial charge on any atom is 0.410 e. The van der Waals surface area contributed by atoms with Gasteiger partial charge in [0.2, 0.25) is 0 Å². The molecule has 1 aromatic carbocycles. The summed E-state index contributed by atoms with van der Waals surface area (Å²) in [7, 11) is 1.36. The first-order valence-corrected chi connectivity index (χ1v) is 16.0. The van der Waals surface area contributed by atoms with Crippen molar-refractivity contribution in [2.45, 2.75) is 39.4 Å². The topological polar surface area (TPSA) is 87.2 Å². The SMILES string of the molecule is COC(=O)c1sc(N2CN=C3C=C4C=CC=C(N5CCN(C(=O)OC(C)(C)C)CC5)N4C=C32)cc1OC(C)c1ccccc1Cl. The highest BCUT2D eigenvalue weighted by Crippen LogP contribution is 2.42. The number of rotatable bonds is 6. The molecule has 0 aliphatic carbocycles. The summed E-state index contributed by atoms with van der Waals surface area (Å²) in [5, 5.41) is 1.40. The molecule has 1 saturated heterocycles. The Hall–Kier alpha value is -4.22. The van der Waals surface area contributed by atoms with Crippen molar-refractivity contribution >= 4 is 45.7 Å². The van der Waals surface area contributed by atoms with Crippen molar-refractivity contribution in [1.82, 2.24) is 14.7 Å². The highest BCUT2D eigenvalue weighted by atomic mass is 35.5. The van der Waals surface area contributed by atoms with Crippen molar-refractivity contribution in [3.05, 3.63) is 93.5 Å². The van der Waals surface area contributed by atoms with Crippen LogP contribution in [-0.2, 0) is 9.47 Å². The van der Waals surface area contributed by atoms with Gasteiger partial charge >= 0.3 is 12.1 Å². The molecule has 10 nitrogen and oxygen atoms in total. The Morgan fingerprint density at radius 2 is 1.87 bits per heavy atom. The number of halogens is 1. The number of thiophene rings is 1. The van der Waals surface area contributed by atoms with Gasteiger partial charge in [0.15, 0.2) is 4.88 Å². The number of hydrogen-bond donors (Lipinski definition) is 0. The Morgan fingerprint density at radius 1 is 1.11 bits per heavy atom. The molecular weight excluding hydrogens is 614 g/mol. The molecule has 1 aromatic heterocycles. The summed E-state index contributed by atoms with van der Waals surface area (Å²) < 4.78 is 17.0. The predicted molar refractivity (Wildman–Crippen MR) is 176 cm³/mol. The lowest BCUT2D eigenvalue weighted by atomic mass is 10.1. The minimum atomic E-state index is -0.530. The molecule has 2 aromatic rings. The van der Waals surface area contributed by atoms with Crippen molar-refractivity contribution in [2.24, 2.45) is 4.99 Å². The molecule has 5 heterocycles. The summed E-state index contributed by atoms with van der Waals surface area (Å²) in [5.74, 6) is 0.981. The van der Waals surface area contributed by atoms with Crippen molar-refractivity contribution in [2.75, 3.05) is 44.9 Å². The number of benzene rings is 1. The van der Waals surface area contributed by atoms with E-state index in [2.05, 4.69) is 39.1 Å². The molecule has 1 fully saturated rings. The molecule has 12 heteroatoms. The van der Waals surface area contributed by atoms with Crippen LogP contribution in [0.25, 0.3) is 0 Å². The molecule has 0 saturated carbocycles. The van der Waals surface area contributed by atoms with E-state index < -0.39 is 17.7 Å². The van der Waals surface area contributed by atoms with Crippen LogP contribution in [0.4, 0.5) is 9.80 Å². The van der Waals surface area contributed by atoms with Crippen molar-refractivity contribution < 1.29 is 23.8 Å². The van der Waals surface area contributed by atoms with Crippen molar-refractivity contribution in [3.8, 4) is 5.75 Å². The third-order valence-corrected chi connectivity index (χ3v) is 9.20. The number of methoxy groups -OCH3 is 1. The van der Waals surface area contributed by atoms with Crippen molar-refractivity contribution in [1.29, 1.82) is 0 Å². The van der Waals surface area contributed by atoms with Gasteiger partial charge in [-0.2, -0.15) is 0 Å². The molecule has 1 unspecified atom stereocenters. The molecule has 0 N–H and O–H groups in total. The number of aliphatic imine (C=N–C) groups is 1. The summed E-state index contributed by atoms with van der Waals surface area (Å²) >= 11 is 7.73. The number of piperazine rings is 1. The lowest BCUT2D eigenvalue weighted by Crippen LogP contribution is -2.51. The average Bonchev–Trinajstić information content (AvgIpc) is 3.62. The number of amides is 1. The van der Waals surface area contributed by atoms with Crippen LogP contribution >= 0.6 is 22.9 Å². The van der Waals surface area contributed by atoms with Gasteiger partial charge in [-0.05, 0) is 52.0 Å². The number of allylic oxidation sites excluding steroid dienone is 4. The monoisotopic (exact) mass is 649 g/mol. The normalized spacial score (nSPS) is 18.4. The Morgan fingerprint density at radius 3 is 2.58 bits per heavy atom. The summed E-state index contributed by atoms with van der Waals surface area (Å²) in [5.41, 5.74) is 3.08. The third-order valence-electron chi connectivity index (χ3n) is 7.73. The molecule has 1 atom stereocenters. The van der Waals surface area contributed by atoms with Gasteiger partial charge in [0.25, 0.3) is 0 Å². The van der Waals surface area contributed by atoms with E-state index in [0.717, 1.165) is 33.5 Å². The van der Waals surface area contributed by atoms with E-state index in [-0.39, 0.29) is 6.09 Å². The maximum absolute atomic E-state index is 12.8. The Balaban J connectivity index is 1.22. The first-order valence-electron chi connectivity index (χ1n) is 14.8. The second-order valence-corrected chi connectivity index (χ2v) is 13.4. The predicted octanol–water partition coefficient (Wildman–Crippen LogP) is 6.55. The Labute approximate surface area is 272 Å². The molecule has 4 aliphatic heterocycles. The van der Waals surface area contributed by atoms with Crippen LogP contribution in [0.1, 0.15) is 49.0 Å². The van der Waals surface area contributed by atoms with E-state index in [1.807, 2.05) is 64.1 Å². The van der Waals surface area contributed by atoms with Gasteiger partial charge in [-0.25, -0.2) is 9.59 Å². The standard InChI is InChI=1S/C33H36ClN5O5S/c1-21(23-10-6-7-11-24(23)34)43-27-18-29(45-30(27)31(40)42-5)39-20-35-25-17-22-9-8-12-28(38(22)19-26(25)39)36-13-15-37(16-14-36)32(41)44-33(2,3)4/h6-12,17-19,21H,13-16,20H2,1-5H3. The number of anilines is 1. The second kappa shape index (κ2) is 12.3. The fourth-order valence-corrected chi connectivity index (χ4v) is 6.82. The smallest absolute Gasteiger partial charge is 0.410 e. The summed E-state index contributed by atoms with van der Waals surface area (Å²) in [6, 6.07) is 9.36. The zero-order chi connectivity index (χ0) is 31.9. The molecule has 0 bridgehead atoms. The Kier molecular flexibility index (Phi) is 8.41. The maximum atomic E-state index is 12.8. The third kappa shape index (κ3) is 6.32. The van der Waals surface area contributed by atoms with E-state index in [9.17, 15) is 9.59 Å². The van der Waals surface area contributed by atoms with E-state index in [1.165, 1.54) is 18.4 Å². The highest BCUT2D eigenvalue weighted by Gasteiger charge is 2.34. The van der Waals surface area contributed by atoms with Gasteiger partial charge in [-0.1, -0.05) is 35.9 Å². The van der Waals surface area contributed by atoms with E-state index in [1.54, 1.807) is 4.90 Å². The molecule has 0 spiro atoms. The summed E-state index contributed by atoms with van der Waals surface area (Å²) in [4.78, 5) is 38.9. The molecule has 45 heavy (non-hydrogen) atoms. The fraction of sp³-hybridized carbons (Fsp3) is 0.364. The number of nitrogens with zero attached hydrogens (tertiary/aromatic N) is 5. The van der Waals surface area contributed by atoms with Crippen LogP contribution in [0.15, 0.2) is 83.0 Å². The number of carbonyl (C=O) groups excluding carboxylic acids is 2. The lowest BCUT2D eigenvalue weighted by molar-refractivity contribution is 0.0155. The molecule has 1 amide bonds. The average molecular weight is 650 g/mol. The molecular formula is C33H36ClN5O5S. The second-order valence-electron chi connectivity index (χ2n) is 12.0. The first kappa shape index (κ1) is 30.8. The van der Waals surface area contributed by atoms with Crippen LogP contribution in [0.2, 0.25) is 5.02 Å². The zero-order valence-electron chi connectivity index (χ0n) is 25.9. The summed E-state index contributed by atoms with van der Waals surface area (Å²) in [6.07, 6.45) is 9.66. The van der Waals surface area contributed by atoms with Gasteiger partial charge in [-0.15, -0.1) is 11.3 Å². The van der Waals surface area contributed by atoms with Gasteiger partial charge in [0.05, 0.1) is 18.5 Å². The highest BCUT2D eigenvalue weighted by molar-refractivity contribution is 7.18. The molecule has 6 rings (SSSR count). The lowest BCUT2D eigenvalue weighted by Gasteiger charge is -2.42. The van der Waals surface area contributed by atoms with E-state index in [0.29, 0.717) is 48.5 Å². The molecule has 4 aliphatic rings.